The van der Waals surface area contributed by atoms with E-state index in [2.05, 4.69) is 6.58 Å². The number of carbonyl (C=O) groups is 1. The first-order chi connectivity index (χ1) is 10.6. The highest BCUT2D eigenvalue weighted by Crippen LogP contribution is 2.31. The van der Waals surface area contributed by atoms with Crippen molar-refractivity contribution in [2.75, 3.05) is 6.61 Å². The molecule has 0 bridgehead atoms. The van der Waals surface area contributed by atoms with Crippen LogP contribution >= 0.6 is 0 Å². The minimum absolute atomic E-state index is 0.0668. The van der Waals surface area contributed by atoms with Crippen LogP contribution in [-0.4, -0.2) is 17.7 Å². The summed E-state index contributed by atoms with van der Waals surface area (Å²) in [4.78, 5) is 11.6. The quantitative estimate of drug-likeness (QED) is 0.499. The van der Waals surface area contributed by atoms with Gasteiger partial charge in [-0.15, -0.1) is 0 Å². The molecule has 0 aliphatic carbocycles. The number of phenolic OH excluding ortho intramolecular Hbond substituents is 1. The average molecular weight is 298 g/mol. The third kappa shape index (κ3) is 3.88. The van der Waals surface area contributed by atoms with E-state index in [0.29, 0.717) is 17.9 Å². The molecule has 0 amide bonds. The molecule has 1 N–H and O–H groups in total. The van der Waals surface area contributed by atoms with E-state index in [1.807, 2.05) is 19.1 Å². The largest absolute Gasteiger partial charge is 0.507 e. The van der Waals surface area contributed by atoms with Crippen molar-refractivity contribution in [1.29, 1.82) is 0 Å². The predicted molar refractivity (Wildman–Crippen MR) is 84.6 cm³/mol. The number of hydrogen-bond acceptors (Lipinski definition) is 4. The van der Waals surface area contributed by atoms with Crippen LogP contribution in [0.1, 0.15) is 13.3 Å². The lowest BCUT2D eigenvalue weighted by atomic mass is 10.0. The maximum absolute atomic E-state index is 11.6. The van der Waals surface area contributed by atoms with Crippen LogP contribution in [0.3, 0.4) is 0 Å². The molecule has 2 aromatic rings. The van der Waals surface area contributed by atoms with Gasteiger partial charge in [0.2, 0.25) is 5.76 Å². The minimum atomic E-state index is -0.574. The number of carbonyl (C=O) groups excluding carboxylic acids is 1. The van der Waals surface area contributed by atoms with Crippen molar-refractivity contribution in [2.24, 2.45) is 0 Å². The van der Waals surface area contributed by atoms with E-state index in [1.165, 1.54) is 0 Å². The summed E-state index contributed by atoms with van der Waals surface area (Å²) in [6, 6.07) is 14.1. The summed E-state index contributed by atoms with van der Waals surface area (Å²) in [7, 11) is 0. The Morgan fingerprint density at radius 2 is 1.95 bits per heavy atom. The molecule has 0 heterocycles. The van der Waals surface area contributed by atoms with Gasteiger partial charge in [-0.2, -0.15) is 0 Å². The fourth-order valence-corrected chi connectivity index (χ4v) is 1.90. The lowest BCUT2D eigenvalue weighted by Crippen LogP contribution is -2.12. The van der Waals surface area contributed by atoms with Gasteiger partial charge in [-0.05, 0) is 36.8 Å². The van der Waals surface area contributed by atoms with E-state index >= 15 is 0 Å². The number of hydrogen-bond donors (Lipinski definition) is 1. The molecule has 0 atom stereocenters. The van der Waals surface area contributed by atoms with Gasteiger partial charge in [0, 0.05) is 5.56 Å². The number of benzene rings is 2. The van der Waals surface area contributed by atoms with Crippen molar-refractivity contribution in [2.45, 2.75) is 13.3 Å². The highest BCUT2D eigenvalue weighted by atomic mass is 16.6. The zero-order valence-electron chi connectivity index (χ0n) is 12.4. The molecule has 0 fully saturated rings. The first-order valence-electron chi connectivity index (χ1n) is 7.04. The second-order valence-electron chi connectivity index (χ2n) is 4.71. The summed E-state index contributed by atoms with van der Waals surface area (Å²) < 4.78 is 10.4. The van der Waals surface area contributed by atoms with Crippen molar-refractivity contribution < 1.29 is 19.4 Å². The van der Waals surface area contributed by atoms with Gasteiger partial charge in [0.25, 0.3) is 0 Å². The number of rotatable bonds is 6. The first-order valence-corrected chi connectivity index (χ1v) is 7.04. The van der Waals surface area contributed by atoms with E-state index in [4.69, 9.17) is 9.47 Å². The Hall–Kier alpha value is -2.75. The van der Waals surface area contributed by atoms with Gasteiger partial charge in [0.15, 0.2) is 0 Å². The normalized spacial score (nSPS) is 10.0. The van der Waals surface area contributed by atoms with E-state index in [1.54, 1.807) is 36.4 Å². The Balaban J connectivity index is 2.14. The Labute approximate surface area is 129 Å². The maximum atomic E-state index is 11.6. The number of esters is 1. The van der Waals surface area contributed by atoms with Crippen molar-refractivity contribution >= 4 is 5.97 Å². The molecule has 0 saturated heterocycles. The topological polar surface area (TPSA) is 55.8 Å². The van der Waals surface area contributed by atoms with Gasteiger partial charge in [-0.1, -0.05) is 37.3 Å². The molecule has 0 saturated carbocycles. The zero-order valence-corrected chi connectivity index (χ0v) is 12.4. The van der Waals surface area contributed by atoms with E-state index in [9.17, 15) is 9.90 Å². The van der Waals surface area contributed by atoms with Crippen LogP contribution in [0, 0.1) is 0 Å². The molecule has 4 heteroatoms. The monoisotopic (exact) mass is 298 g/mol. The summed E-state index contributed by atoms with van der Waals surface area (Å²) in [5.74, 6) is -0.00210. The minimum Gasteiger partial charge on any atom is -0.507 e. The van der Waals surface area contributed by atoms with Crippen molar-refractivity contribution in [3.8, 4) is 22.6 Å². The molecular formula is C18H18O4. The molecular weight excluding hydrogens is 280 g/mol. The lowest BCUT2D eigenvalue weighted by molar-refractivity contribution is -0.141. The van der Waals surface area contributed by atoms with Gasteiger partial charge in [0.05, 0.1) is 6.61 Å². The van der Waals surface area contributed by atoms with Gasteiger partial charge in [0.1, 0.15) is 11.5 Å². The van der Waals surface area contributed by atoms with Gasteiger partial charge in [-0.3, -0.25) is 0 Å². The molecule has 2 aromatic carbocycles. The molecule has 22 heavy (non-hydrogen) atoms. The number of aromatic hydroxyl groups is 1. The zero-order chi connectivity index (χ0) is 15.9. The fourth-order valence-electron chi connectivity index (χ4n) is 1.90. The van der Waals surface area contributed by atoms with Crippen molar-refractivity contribution in [3.63, 3.8) is 0 Å². The molecule has 0 unspecified atom stereocenters. The molecule has 0 aromatic heterocycles. The van der Waals surface area contributed by atoms with Crippen LogP contribution in [0.15, 0.2) is 60.9 Å². The number of phenols is 1. The Morgan fingerprint density at radius 1 is 1.18 bits per heavy atom. The highest BCUT2D eigenvalue weighted by molar-refractivity contribution is 5.86. The SMILES string of the molecule is C=C(Oc1cccc(-c2ccccc2O)c1)C(=O)OCCC. The summed E-state index contributed by atoms with van der Waals surface area (Å²) in [5, 5.41) is 9.89. The van der Waals surface area contributed by atoms with Gasteiger partial charge >= 0.3 is 5.97 Å². The van der Waals surface area contributed by atoms with Gasteiger partial charge < -0.3 is 14.6 Å². The number of para-hydroxylation sites is 1. The second-order valence-corrected chi connectivity index (χ2v) is 4.71. The standard InChI is InChI=1S/C18H18O4/c1-3-11-21-18(20)13(2)22-15-8-6-7-14(12-15)16-9-4-5-10-17(16)19/h4-10,12,19H,2-3,11H2,1H3. The summed E-state index contributed by atoms with van der Waals surface area (Å²) >= 11 is 0. The molecule has 0 spiro atoms. The van der Waals surface area contributed by atoms with Crippen molar-refractivity contribution in [3.05, 3.63) is 60.9 Å². The summed E-state index contributed by atoms with van der Waals surface area (Å²) in [6.07, 6.45) is 0.738. The Bertz CT molecular complexity index is 676. The van der Waals surface area contributed by atoms with Crippen LogP contribution in [0.4, 0.5) is 0 Å². The predicted octanol–water partition coefficient (Wildman–Crippen LogP) is 3.90. The Kier molecular flexibility index (Phi) is 5.20. The molecule has 4 nitrogen and oxygen atoms in total. The Morgan fingerprint density at radius 3 is 2.68 bits per heavy atom. The molecule has 2 rings (SSSR count). The average Bonchev–Trinajstić information content (AvgIpc) is 2.53. The third-order valence-electron chi connectivity index (χ3n) is 2.96. The van der Waals surface area contributed by atoms with Crippen molar-refractivity contribution in [1.82, 2.24) is 0 Å². The molecule has 0 aliphatic heterocycles. The fraction of sp³-hybridized carbons (Fsp3) is 0.167. The smallest absolute Gasteiger partial charge is 0.373 e. The highest BCUT2D eigenvalue weighted by Gasteiger charge is 2.11. The van der Waals surface area contributed by atoms with E-state index < -0.39 is 5.97 Å². The summed E-state index contributed by atoms with van der Waals surface area (Å²) in [5.41, 5.74) is 1.47. The summed E-state index contributed by atoms with van der Waals surface area (Å²) in [6.45, 7) is 5.82. The van der Waals surface area contributed by atoms with E-state index in [-0.39, 0.29) is 11.5 Å². The van der Waals surface area contributed by atoms with E-state index in [0.717, 1.165) is 12.0 Å². The van der Waals surface area contributed by atoms with Gasteiger partial charge in [-0.25, -0.2) is 4.79 Å². The second kappa shape index (κ2) is 7.31. The first kappa shape index (κ1) is 15.6. The maximum Gasteiger partial charge on any atom is 0.373 e. The van der Waals surface area contributed by atoms with Crippen LogP contribution in [0.5, 0.6) is 11.5 Å². The number of ether oxygens (including phenoxy) is 2. The molecule has 0 radical (unpaired) electrons. The molecule has 114 valence electrons. The lowest BCUT2D eigenvalue weighted by Gasteiger charge is -2.10. The van der Waals surface area contributed by atoms with Crippen LogP contribution in [0.2, 0.25) is 0 Å². The van der Waals surface area contributed by atoms with Crippen LogP contribution in [0.25, 0.3) is 11.1 Å². The molecule has 0 aliphatic rings. The third-order valence-corrected chi connectivity index (χ3v) is 2.96. The van der Waals surface area contributed by atoms with Crippen LogP contribution in [-0.2, 0) is 9.53 Å². The van der Waals surface area contributed by atoms with Crippen LogP contribution < -0.4 is 4.74 Å².